The minimum absolute atomic E-state index is 0.639. The number of nitrogens with one attached hydrogen (secondary N) is 1. The molecular weight excluding hydrogens is 242 g/mol. The van der Waals surface area contributed by atoms with Gasteiger partial charge in [-0.05, 0) is 49.0 Å². The van der Waals surface area contributed by atoms with Crippen molar-refractivity contribution < 1.29 is 0 Å². The first kappa shape index (κ1) is 15.6. The SMILES string of the molecule is CCC1CCC(NCC(c2ccccc2)C(C)C)CC1. The zero-order valence-corrected chi connectivity index (χ0v) is 13.4. The van der Waals surface area contributed by atoms with Gasteiger partial charge in [0.25, 0.3) is 0 Å². The summed E-state index contributed by atoms with van der Waals surface area (Å²) < 4.78 is 0. The monoisotopic (exact) mass is 273 g/mol. The zero-order chi connectivity index (χ0) is 14.4. The molecule has 1 atom stereocenters. The summed E-state index contributed by atoms with van der Waals surface area (Å²) in [7, 11) is 0. The van der Waals surface area contributed by atoms with Gasteiger partial charge < -0.3 is 5.32 Å². The highest BCUT2D eigenvalue weighted by Gasteiger charge is 2.22. The van der Waals surface area contributed by atoms with E-state index in [1.54, 1.807) is 0 Å². The van der Waals surface area contributed by atoms with Gasteiger partial charge in [-0.15, -0.1) is 0 Å². The van der Waals surface area contributed by atoms with E-state index in [1.165, 1.54) is 37.7 Å². The molecule has 0 heterocycles. The van der Waals surface area contributed by atoms with Crippen LogP contribution in [0.25, 0.3) is 0 Å². The highest BCUT2D eigenvalue weighted by Crippen LogP contribution is 2.28. The minimum Gasteiger partial charge on any atom is -0.313 e. The average Bonchev–Trinajstić information content (AvgIpc) is 2.49. The second-order valence-electron chi connectivity index (χ2n) is 6.80. The summed E-state index contributed by atoms with van der Waals surface area (Å²) in [6.07, 6.45) is 6.96. The Morgan fingerprint density at radius 1 is 1.05 bits per heavy atom. The van der Waals surface area contributed by atoms with Gasteiger partial charge in [-0.3, -0.25) is 0 Å². The highest BCUT2D eigenvalue weighted by atomic mass is 14.9. The Bertz CT molecular complexity index is 363. The zero-order valence-electron chi connectivity index (χ0n) is 13.4. The van der Waals surface area contributed by atoms with Gasteiger partial charge in [0.1, 0.15) is 0 Å². The van der Waals surface area contributed by atoms with Gasteiger partial charge in [-0.25, -0.2) is 0 Å². The molecule has 1 unspecified atom stereocenters. The molecule has 112 valence electrons. The second-order valence-corrected chi connectivity index (χ2v) is 6.80. The first-order chi connectivity index (χ1) is 9.70. The van der Waals surface area contributed by atoms with E-state index in [1.807, 2.05) is 0 Å². The molecular formula is C19H31N. The van der Waals surface area contributed by atoms with Gasteiger partial charge in [0.2, 0.25) is 0 Å². The van der Waals surface area contributed by atoms with Crippen molar-refractivity contribution in [3.63, 3.8) is 0 Å². The van der Waals surface area contributed by atoms with Gasteiger partial charge in [0.15, 0.2) is 0 Å². The van der Waals surface area contributed by atoms with Crippen LogP contribution < -0.4 is 5.32 Å². The number of hydrogen-bond acceptors (Lipinski definition) is 1. The lowest BCUT2D eigenvalue weighted by molar-refractivity contribution is 0.278. The number of rotatable bonds is 6. The highest BCUT2D eigenvalue weighted by molar-refractivity contribution is 5.20. The molecule has 0 aromatic heterocycles. The molecule has 0 radical (unpaired) electrons. The fourth-order valence-electron chi connectivity index (χ4n) is 3.51. The maximum Gasteiger partial charge on any atom is 0.00675 e. The molecule has 0 saturated heterocycles. The van der Waals surface area contributed by atoms with E-state index in [0.717, 1.165) is 18.5 Å². The molecule has 1 aliphatic rings. The van der Waals surface area contributed by atoms with Crippen molar-refractivity contribution in [2.45, 2.75) is 64.8 Å². The van der Waals surface area contributed by atoms with Crippen molar-refractivity contribution in [2.24, 2.45) is 11.8 Å². The van der Waals surface area contributed by atoms with Crippen molar-refractivity contribution >= 4 is 0 Å². The van der Waals surface area contributed by atoms with Gasteiger partial charge in [0, 0.05) is 12.6 Å². The maximum atomic E-state index is 3.85. The molecule has 0 bridgehead atoms. The van der Waals surface area contributed by atoms with Crippen LogP contribution in [0.2, 0.25) is 0 Å². The van der Waals surface area contributed by atoms with Gasteiger partial charge in [-0.1, -0.05) is 57.5 Å². The fraction of sp³-hybridized carbons (Fsp3) is 0.684. The van der Waals surface area contributed by atoms with Crippen molar-refractivity contribution in [3.8, 4) is 0 Å². The Morgan fingerprint density at radius 3 is 2.25 bits per heavy atom. The lowest BCUT2D eigenvalue weighted by Crippen LogP contribution is -2.36. The average molecular weight is 273 g/mol. The molecule has 1 fully saturated rings. The summed E-state index contributed by atoms with van der Waals surface area (Å²) in [6.45, 7) is 8.15. The van der Waals surface area contributed by atoms with Crippen LogP contribution in [0, 0.1) is 11.8 Å². The van der Waals surface area contributed by atoms with Crippen LogP contribution in [0.4, 0.5) is 0 Å². The molecule has 0 aliphatic heterocycles. The topological polar surface area (TPSA) is 12.0 Å². The van der Waals surface area contributed by atoms with Crippen LogP contribution in [0.15, 0.2) is 30.3 Å². The number of benzene rings is 1. The third-order valence-electron chi connectivity index (χ3n) is 5.08. The predicted molar refractivity (Wildman–Crippen MR) is 88.1 cm³/mol. The normalized spacial score (nSPS) is 24.8. The molecule has 20 heavy (non-hydrogen) atoms. The summed E-state index contributed by atoms with van der Waals surface area (Å²) in [5.74, 6) is 2.32. The largest absolute Gasteiger partial charge is 0.313 e. The Morgan fingerprint density at radius 2 is 1.70 bits per heavy atom. The lowest BCUT2D eigenvalue weighted by atomic mass is 9.83. The predicted octanol–water partition coefficient (Wildman–Crippen LogP) is 4.98. The molecule has 1 aliphatic carbocycles. The summed E-state index contributed by atoms with van der Waals surface area (Å²) in [5, 5.41) is 3.85. The number of hydrogen-bond donors (Lipinski definition) is 1. The van der Waals surface area contributed by atoms with Crippen LogP contribution in [0.1, 0.15) is 64.4 Å². The molecule has 1 aromatic carbocycles. The van der Waals surface area contributed by atoms with Crippen LogP contribution in [-0.4, -0.2) is 12.6 Å². The van der Waals surface area contributed by atoms with Crippen LogP contribution >= 0.6 is 0 Å². The Labute approximate surface area is 125 Å². The van der Waals surface area contributed by atoms with E-state index >= 15 is 0 Å². The Kier molecular flexibility index (Phi) is 6.09. The van der Waals surface area contributed by atoms with Crippen LogP contribution in [0.3, 0.4) is 0 Å². The van der Waals surface area contributed by atoms with E-state index in [4.69, 9.17) is 0 Å². The molecule has 1 aromatic rings. The smallest absolute Gasteiger partial charge is 0.00675 e. The van der Waals surface area contributed by atoms with E-state index < -0.39 is 0 Å². The van der Waals surface area contributed by atoms with Crippen LogP contribution in [0.5, 0.6) is 0 Å². The molecule has 1 nitrogen and oxygen atoms in total. The lowest BCUT2D eigenvalue weighted by Gasteiger charge is -2.31. The third kappa shape index (κ3) is 4.34. The summed E-state index contributed by atoms with van der Waals surface area (Å²) in [6, 6.07) is 11.7. The third-order valence-corrected chi connectivity index (χ3v) is 5.08. The summed E-state index contributed by atoms with van der Waals surface area (Å²) >= 11 is 0. The molecule has 1 saturated carbocycles. The van der Waals surface area contributed by atoms with Crippen molar-refractivity contribution in [3.05, 3.63) is 35.9 Å². The van der Waals surface area contributed by atoms with E-state index in [-0.39, 0.29) is 0 Å². The Hall–Kier alpha value is -0.820. The van der Waals surface area contributed by atoms with Gasteiger partial charge in [0.05, 0.1) is 0 Å². The molecule has 0 spiro atoms. The van der Waals surface area contributed by atoms with E-state index in [0.29, 0.717) is 11.8 Å². The molecule has 1 N–H and O–H groups in total. The first-order valence-corrected chi connectivity index (χ1v) is 8.49. The van der Waals surface area contributed by atoms with Gasteiger partial charge >= 0.3 is 0 Å². The standard InChI is InChI=1S/C19H31N/c1-4-16-10-12-18(13-11-16)20-14-19(15(2)3)17-8-6-5-7-9-17/h5-9,15-16,18-20H,4,10-14H2,1-3H3. The molecule has 2 rings (SSSR count). The molecule has 1 heteroatoms. The Balaban J connectivity index is 1.84. The quantitative estimate of drug-likeness (QED) is 0.770. The van der Waals surface area contributed by atoms with Crippen molar-refractivity contribution in [2.75, 3.05) is 6.54 Å². The molecule has 0 amide bonds. The maximum absolute atomic E-state index is 3.85. The van der Waals surface area contributed by atoms with Crippen LogP contribution in [-0.2, 0) is 0 Å². The van der Waals surface area contributed by atoms with Crippen molar-refractivity contribution in [1.29, 1.82) is 0 Å². The minimum atomic E-state index is 0.639. The van der Waals surface area contributed by atoms with Gasteiger partial charge in [-0.2, -0.15) is 0 Å². The van der Waals surface area contributed by atoms with Crippen molar-refractivity contribution in [1.82, 2.24) is 5.32 Å². The van der Waals surface area contributed by atoms with E-state index in [2.05, 4.69) is 56.4 Å². The first-order valence-electron chi connectivity index (χ1n) is 8.49. The summed E-state index contributed by atoms with van der Waals surface area (Å²) in [5.41, 5.74) is 1.48. The second kappa shape index (κ2) is 7.83. The summed E-state index contributed by atoms with van der Waals surface area (Å²) in [4.78, 5) is 0. The van der Waals surface area contributed by atoms with E-state index in [9.17, 15) is 0 Å². The fourth-order valence-corrected chi connectivity index (χ4v) is 3.51.